The normalized spacial score (nSPS) is 14.1. The summed E-state index contributed by atoms with van der Waals surface area (Å²) in [7, 11) is 0. The van der Waals surface area contributed by atoms with Gasteiger partial charge in [-0.1, -0.05) is 0 Å². The van der Waals surface area contributed by atoms with Crippen LogP contribution >= 0.6 is 0 Å². The Hall–Kier alpha value is -2.50. The highest BCUT2D eigenvalue weighted by Crippen LogP contribution is 2.26. The third-order valence-corrected chi connectivity index (χ3v) is 3.55. The van der Waals surface area contributed by atoms with Gasteiger partial charge in [-0.3, -0.25) is 14.8 Å². The molecule has 1 aromatic carbocycles. The fraction of sp³-hybridized carbons (Fsp3) is 0.231. The highest BCUT2D eigenvalue weighted by atomic mass is 16.2. The summed E-state index contributed by atoms with van der Waals surface area (Å²) >= 11 is 0. The van der Waals surface area contributed by atoms with Crippen molar-refractivity contribution in [1.82, 2.24) is 19.9 Å². The quantitative estimate of drug-likeness (QED) is 0.576. The molecule has 19 heavy (non-hydrogen) atoms. The van der Waals surface area contributed by atoms with Crippen LogP contribution in [0.15, 0.2) is 21.7 Å². The summed E-state index contributed by atoms with van der Waals surface area (Å²) in [5.74, 6) is 0. The molecule has 0 fully saturated rings. The van der Waals surface area contributed by atoms with Gasteiger partial charge >= 0.3 is 5.69 Å². The molecule has 2 aromatic heterocycles. The van der Waals surface area contributed by atoms with E-state index in [0.717, 1.165) is 24.8 Å². The van der Waals surface area contributed by atoms with Gasteiger partial charge < -0.3 is 0 Å². The summed E-state index contributed by atoms with van der Waals surface area (Å²) in [6.45, 7) is 0. The van der Waals surface area contributed by atoms with Crippen LogP contribution in [0.5, 0.6) is 0 Å². The summed E-state index contributed by atoms with van der Waals surface area (Å²) in [6.07, 6.45) is 3.24. The fourth-order valence-electron chi connectivity index (χ4n) is 2.67. The van der Waals surface area contributed by atoms with Crippen LogP contribution < -0.4 is 11.2 Å². The summed E-state index contributed by atoms with van der Waals surface area (Å²) in [5, 5.41) is 0. The summed E-state index contributed by atoms with van der Waals surface area (Å²) in [5.41, 5.74) is 3.32. The molecule has 6 heteroatoms. The molecule has 0 amide bonds. The van der Waals surface area contributed by atoms with Crippen LogP contribution in [0, 0.1) is 0 Å². The largest absolute Gasteiger partial charge is 0.327 e. The Bertz CT molecular complexity index is 939. The first-order valence-electron chi connectivity index (χ1n) is 6.16. The Balaban J connectivity index is 2.17. The van der Waals surface area contributed by atoms with Crippen molar-refractivity contribution in [2.45, 2.75) is 19.3 Å². The van der Waals surface area contributed by atoms with Crippen molar-refractivity contribution in [2.75, 3.05) is 0 Å². The molecule has 0 unspecified atom stereocenters. The smallest absolute Gasteiger partial charge is 0.290 e. The average molecular weight is 254 g/mol. The van der Waals surface area contributed by atoms with Crippen molar-refractivity contribution in [3.8, 4) is 0 Å². The average Bonchev–Trinajstić information content (AvgIpc) is 2.81. The van der Waals surface area contributed by atoms with E-state index in [1.165, 1.54) is 11.1 Å². The van der Waals surface area contributed by atoms with E-state index in [-0.39, 0.29) is 11.2 Å². The van der Waals surface area contributed by atoms with Crippen LogP contribution in [-0.2, 0) is 12.8 Å². The summed E-state index contributed by atoms with van der Waals surface area (Å²) < 4.78 is 0. The van der Waals surface area contributed by atoms with Crippen molar-refractivity contribution >= 4 is 22.2 Å². The number of aromatic amines is 2. The first kappa shape index (κ1) is 10.4. The molecule has 0 radical (unpaired) electrons. The molecule has 0 saturated heterocycles. The number of aryl methyl sites for hydroxylation is 2. The van der Waals surface area contributed by atoms with Crippen molar-refractivity contribution in [2.24, 2.45) is 0 Å². The van der Waals surface area contributed by atoms with Crippen molar-refractivity contribution in [3.05, 3.63) is 44.1 Å². The topological polar surface area (TPSA) is 91.5 Å². The van der Waals surface area contributed by atoms with E-state index in [0.29, 0.717) is 5.52 Å². The fourth-order valence-corrected chi connectivity index (χ4v) is 2.67. The second-order valence-electron chi connectivity index (χ2n) is 4.79. The molecule has 2 N–H and O–H groups in total. The van der Waals surface area contributed by atoms with E-state index >= 15 is 0 Å². The number of H-pyrrole nitrogens is 2. The van der Waals surface area contributed by atoms with Gasteiger partial charge in [0.2, 0.25) is 0 Å². The standard InChI is InChI=1S/C13H10N4O2/c18-12-10-11(16-13(19)17-12)15-9-5-7-3-1-2-6(7)4-8(9)14-10/h4-5H,1-3H2,(H2,15,16,17,18,19). The molecule has 0 saturated carbocycles. The SMILES string of the molecule is O=c1[nH]c(=O)c2nc3cc4c(cc3nc2[nH]1)CCC4. The molecule has 3 aromatic rings. The molecule has 0 atom stereocenters. The lowest BCUT2D eigenvalue weighted by molar-refractivity contribution is 0.912. The monoisotopic (exact) mass is 254 g/mol. The molecular weight excluding hydrogens is 244 g/mol. The van der Waals surface area contributed by atoms with Gasteiger partial charge in [-0.25, -0.2) is 14.8 Å². The maximum Gasteiger partial charge on any atom is 0.327 e. The van der Waals surface area contributed by atoms with Gasteiger partial charge in [0.05, 0.1) is 11.0 Å². The van der Waals surface area contributed by atoms with E-state index in [2.05, 4.69) is 19.9 Å². The zero-order valence-corrected chi connectivity index (χ0v) is 9.99. The Kier molecular flexibility index (Phi) is 1.92. The maximum atomic E-state index is 11.7. The van der Waals surface area contributed by atoms with E-state index in [4.69, 9.17) is 0 Å². The van der Waals surface area contributed by atoms with E-state index < -0.39 is 11.2 Å². The summed E-state index contributed by atoms with van der Waals surface area (Å²) in [4.78, 5) is 36.3. The highest BCUT2D eigenvalue weighted by molar-refractivity contribution is 5.84. The predicted octanol–water partition coefficient (Wildman–Crippen LogP) is 0.648. The van der Waals surface area contributed by atoms with Crippen molar-refractivity contribution < 1.29 is 0 Å². The van der Waals surface area contributed by atoms with Gasteiger partial charge in [-0.15, -0.1) is 0 Å². The zero-order valence-electron chi connectivity index (χ0n) is 9.99. The number of hydrogen-bond donors (Lipinski definition) is 2. The van der Waals surface area contributed by atoms with Crippen molar-refractivity contribution in [3.63, 3.8) is 0 Å². The highest BCUT2D eigenvalue weighted by Gasteiger charge is 2.14. The minimum Gasteiger partial charge on any atom is -0.290 e. The Morgan fingerprint density at radius 2 is 1.63 bits per heavy atom. The second-order valence-corrected chi connectivity index (χ2v) is 4.79. The van der Waals surface area contributed by atoms with Gasteiger partial charge in [-0.2, -0.15) is 0 Å². The number of nitrogens with one attached hydrogen (secondary N) is 2. The maximum absolute atomic E-state index is 11.7. The second kappa shape index (κ2) is 3.50. The van der Waals surface area contributed by atoms with Gasteiger partial charge in [0, 0.05) is 0 Å². The third kappa shape index (κ3) is 1.49. The molecule has 2 heterocycles. The number of benzene rings is 1. The Morgan fingerprint density at radius 1 is 0.947 bits per heavy atom. The number of aromatic nitrogens is 4. The number of rotatable bonds is 0. The molecule has 1 aliphatic rings. The van der Waals surface area contributed by atoms with Crippen LogP contribution in [0.3, 0.4) is 0 Å². The van der Waals surface area contributed by atoms with Gasteiger partial charge in [0.15, 0.2) is 11.2 Å². The lowest BCUT2D eigenvalue weighted by Gasteiger charge is -2.03. The first-order chi connectivity index (χ1) is 9.20. The van der Waals surface area contributed by atoms with Crippen molar-refractivity contribution in [1.29, 1.82) is 0 Å². The number of hydrogen-bond acceptors (Lipinski definition) is 4. The van der Waals surface area contributed by atoms with Crippen LogP contribution in [0.2, 0.25) is 0 Å². The molecule has 6 nitrogen and oxygen atoms in total. The van der Waals surface area contributed by atoms with Gasteiger partial charge in [0.25, 0.3) is 5.56 Å². The van der Waals surface area contributed by atoms with E-state index in [9.17, 15) is 9.59 Å². The molecule has 1 aliphatic carbocycles. The molecular formula is C13H10N4O2. The molecule has 0 bridgehead atoms. The first-order valence-corrected chi connectivity index (χ1v) is 6.16. The Labute approximate surface area is 106 Å². The zero-order chi connectivity index (χ0) is 13.0. The van der Waals surface area contributed by atoms with Crippen LogP contribution in [0.1, 0.15) is 17.5 Å². The van der Waals surface area contributed by atoms with Crippen LogP contribution in [-0.4, -0.2) is 19.9 Å². The summed E-state index contributed by atoms with van der Waals surface area (Å²) in [6, 6.07) is 4.00. The number of fused-ring (bicyclic) bond motifs is 3. The lowest BCUT2D eigenvalue weighted by atomic mass is 10.1. The van der Waals surface area contributed by atoms with E-state index in [1.807, 2.05) is 12.1 Å². The predicted molar refractivity (Wildman–Crippen MR) is 70.3 cm³/mol. The van der Waals surface area contributed by atoms with Crippen LogP contribution in [0.25, 0.3) is 22.2 Å². The lowest BCUT2D eigenvalue weighted by Crippen LogP contribution is -2.23. The van der Waals surface area contributed by atoms with Gasteiger partial charge in [0.1, 0.15) is 0 Å². The molecule has 4 rings (SSSR count). The van der Waals surface area contributed by atoms with E-state index in [1.54, 1.807) is 0 Å². The van der Waals surface area contributed by atoms with Crippen LogP contribution in [0.4, 0.5) is 0 Å². The minimum absolute atomic E-state index is 0.171. The van der Waals surface area contributed by atoms with Gasteiger partial charge in [-0.05, 0) is 42.5 Å². The molecule has 94 valence electrons. The molecule has 0 spiro atoms. The third-order valence-electron chi connectivity index (χ3n) is 3.55. The number of nitrogens with zero attached hydrogens (tertiary/aromatic N) is 2. The molecule has 0 aliphatic heterocycles. The minimum atomic E-state index is -0.563. The Morgan fingerprint density at radius 3 is 2.37 bits per heavy atom.